The molecule has 0 radical (unpaired) electrons. The number of sulfonamides is 1. The van der Waals surface area contributed by atoms with E-state index in [1.165, 1.54) is 0 Å². The first-order chi connectivity index (χ1) is 9.92. The lowest BCUT2D eigenvalue weighted by Crippen LogP contribution is -2.57. The molecule has 4 heterocycles. The van der Waals surface area contributed by atoms with Crippen LogP contribution in [0.4, 0.5) is 0 Å². The summed E-state index contributed by atoms with van der Waals surface area (Å²) in [5, 5.41) is 0. The van der Waals surface area contributed by atoms with Crippen LogP contribution in [0.15, 0.2) is 9.31 Å². The molecule has 7 heteroatoms. The molecule has 3 saturated heterocycles. The highest BCUT2D eigenvalue weighted by atomic mass is 32.2. The number of nitrogens with one attached hydrogen (secondary N) is 1. The van der Waals surface area contributed by atoms with Gasteiger partial charge in [0.25, 0.3) is 0 Å². The molecule has 1 aromatic rings. The van der Waals surface area contributed by atoms with Crippen LogP contribution in [0.5, 0.6) is 0 Å². The van der Waals surface area contributed by atoms with Gasteiger partial charge in [0.1, 0.15) is 16.4 Å². The Morgan fingerprint density at radius 3 is 2.48 bits per heavy atom. The fourth-order valence-electron chi connectivity index (χ4n) is 3.65. The summed E-state index contributed by atoms with van der Waals surface area (Å²) in [7, 11) is -3.59. The van der Waals surface area contributed by atoms with Crippen molar-refractivity contribution in [3.05, 3.63) is 17.1 Å². The zero-order valence-electron chi connectivity index (χ0n) is 12.6. The smallest absolute Gasteiger partial charge is 0.244 e. The van der Waals surface area contributed by atoms with Crippen LogP contribution in [0.2, 0.25) is 0 Å². The normalized spacial score (nSPS) is 29.0. The Bertz CT molecular complexity index is 630. The minimum atomic E-state index is -3.59. The molecule has 3 fully saturated rings. The maximum atomic E-state index is 12.7. The molecule has 6 nitrogen and oxygen atoms in total. The summed E-state index contributed by atoms with van der Waals surface area (Å²) in [6.45, 7) is 6.57. The van der Waals surface area contributed by atoms with Crippen LogP contribution in [-0.4, -0.2) is 39.0 Å². The fraction of sp³-hybridized carbons (Fsp3) is 0.714. The first kappa shape index (κ1) is 15.0. The maximum absolute atomic E-state index is 12.7. The van der Waals surface area contributed by atoms with E-state index in [0.29, 0.717) is 23.0 Å². The Morgan fingerprint density at radius 2 is 1.95 bits per heavy atom. The third-order valence-electron chi connectivity index (χ3n) is 4.76. The van der Waals surface area contributed by atoms with E-state index in [1.54, 1.807) is 13.8 Å². The SMILES string of the molecule is Cc1oc(C)c(S(=O)(=O)NC2CN3CCC2CC3)c1CN. The molecule has 0 aromatic carbocycles. The van der Waals surface area contributed by atoms with Crippen LogP contribution in [-0.2, 0) is 16.6 Å². The van der Waals surface area contributed by atoms with Crippen molar-refractivity contribution in [3.63, 3.8) is 0 Å². The monoisotopic (exact) mass is 313 g/mol. The van der Waals surface area contributed by atoms with E-state index in [1.807, 2.05) is 0 Å². The van der Waals surface area contributed by atoms with Crippen LogP contribution in [0, 0.1) is 19.8 Å². The number of nitrogens with zero attached hydrogens (tertiary/aromatic N) is 1. The van der Waals surface area contributed by atoms with E-state index in [2.05, 4.69) is 9.62 Å². The number of hydrogen-bond donors (Lipinski definition) is 2. The molecule has 1 aromatic heterocycles. The Labute approximate surface area is 125 Å². The first-order valence-corrected chi connectivity index (χ1v) is 8.94. The highest BCUT2D eigenvalue weighted by Crippen LogP contribution is 2.31. The molecule has 0 saturated carbocycles. The lowest BCUT2D eigenvalue weighted by Gasteiger charge is -2.44. The molecule has 0 aliphatic carbocycles. The van der Waals surface area contributed by atoms with Gasteiger partial charge in [-0.05, 0) is 45.7 Å². The van der Waals surface area contributed by atoms with Gasteiger partial charge in [-0.2, -0.15) is 0 Å². The van der Waals surface area contributed by atoms with Gasteiger partial charge in [-0.3, -0.25) is 0 Å². The molecule has 3 aliphatic rings. The van der Waals surface area contributed by atoms with Gasteiger partial charge in [0.2, 0.25) is 10.0 Å². The van der Waals surface area contributed by atoms with Crippen molar-refractivity contribution in [1.29, 1.82) is 0 Å². The summed E-state index contributed by atoms with van der Waals surface area (Å²) in [4.78, 5) is 2.56. The molecule has 1 atom stereocenters. The molecule has 21 heavy (non-hydrogen) atoms. The Morgan fingerprint density at radius 1 is 1.29 bits per heavy atom. The molecule has 3 N–H and O–H groups in total. The number of hydrogen-bond acceptors (Lipinski definition) is 5. The molecule has 118 valence electrons. The average Bonchev–Trinajstić information content (AvgIpc) is 2.74. The highest BCUT2D eigenvalue weighted by molar-refractivity contribution is 7.89. The molecule has 3 aliphatic heterocycles. The Kier molecular flexibility index (Phi) is 3.85. The van der Waals surface area contributed by atoms with E-state index in [9.17, 15) is 8.42 Å². The summed E-state index contributed by atoms with van der Waals surface area (Å²) < 4.78 is 33.8. The van der Waals surface area contributed by atoms with E-state index in [0.717, 1.165) is 32.5 Å². The summed E-state index contributed by atoms with van der Waals surface area (Å²) in [5.41, 5.74) is 6.28. The molecular weight excluding hydrogens is 290 g/mol. The second-order valence-electron chi connectivity index (χ2n) is 6.09. The van der Waals surface area contributed by atoms with Crippen LogP contribution >= 0.6 is 0 Å². The van der Waals surface area contributed by atoms with Crippen molar-refractivity contribution in [3.8, 4) is 0 Å². The van der Waals surface area contributed by atoms with Gasteiger partial charge in [0.05, 0.1) is 0 Å². The topological polar surface area (TPSA) is 88.6 Å². The van der Waals surface area contributed by atoms with E-state index < -0.39 is 10.0 Å². The minimum absolute atomic E-state index is 0.00210. The Hall–Kier alpha value is -0.890. The van der Waals surface area contributed by atoms with Gasteiger partial charge in [-0.1, -0.05) is 0 Å². The number of rotatable bonds is 4. The molecule has 0 spiro atoms. The van der Waals surface area contributed by atoms with Gasteiger partial charge in [-0.25, -0.2) is 13.1 Å². The maximum Gasteiger partial charge on any atom is 0.244 e. The number of piperidine rings is 3. The molecular formula is C14H23N3O3S. The van der Waals surface area contributed by atoms with E-state index in [4.69, 9.17) is 10.2 Å². The molecule has 1 unspecified atom stereocenters. The van der Waals surface area contributed by atoms with Crippen LogP contribution in [0.25, 0.3) is 0 Å². The van der Waals surface area contributed by atoms with E-state index >= 15 is 0 Å². The minimum Gasteiger partial charge on any atom is -0.465 e. The summed E-state index contributed by atoms with van der Waals surface area (Å²) in [6.07, 6.45) is 2.14. The largest absolute Gasteiger partial charge is 0.465 e. The molecule has 4 rings (SSSR count). The van der Waals surface area contributed by atoms with Gasteiger partial charge >= 0.3 is 0 Å². The Balaban J connectivity index is 1.88. The van der Waals surface area contributed by atoms with E-state index in [-0.39, 0.29) is 17.5 Å². The highest BCUT2D eigenvalue weighted by Gasteiger charge is 2.38. The summed E-state index contributed by atoms with van der Waals surface area (Å²) in [5.74, 6) is 1.45. The standard InChI is InChI=1S/C14H23N3O3S/c1-9-12(7-15)14(10(2)20-9)21(18,19)16-13-8-17-5-3-11(13)4-6-17/h11,13,16H,3-8,15H2,1-2H3. The van der Waals surface area contributed by atoms with Gasteiger partial charge in [0.15, 0.2) is 0 Å². The fourth-order valence-corrected chi connectivity index (χ4v) is 5.41. The van der Waals surface area contributed by atoms with Gasteiger partial charge in [0, 0.05) is 24.7 Å². The number of fused-ring (bicyclic) bond motifs is 3. The predicted octanol–water partition coefficient (Wildman–Crippen LogP) is 0.728. The number of nitrogens with two attached hydrogens (primary N) is 1. The first-order valence-electron chi connectivity index (χ1n) is 7.46. The quantitative estimate of drug-likeness (QED) is 0.855. The summed E-state index contributed by atoms with van der Waals surface area (Å²) >= 11 is 0. The lowest BCUT2D eigenvalue weighted by molar-refractivity contribution is 0.0827. The zero-order valence-corrected chi connectivity index (χ0v) is 13.4. The third-order valence-corrected chi connectivity index (χ3v) is 6.44. The van der Waals surface area contributed by atoms with Crippen molar-refractivity contribution >= 4 is 10.0 Å². The van der Waals surface area contributed by atoms with Crippen molar-refractivity contribution in [1.82, 2.24) is 9.62 Å². The average molecular weight is 313 g/mol. The predicted molar refractivity (Wildman–Crippen MR) is 79.3 cm³/mol. The van der Waals surface area contributed by atoms with Crippen molar-refractivity contribution in [2.45, 2.75) is 44.2 Å². The van der Waals surface area contributed by atoms with Crippen molar-refractivity contribution in [2.75, 3.05) is 19.6 Å². The van der Waals surface area contributed by atoms with Crippen LogP contribution in [0.1, 0.15) is 29.9 Å². The summed E-state index contributed by atoms with van der Waals surface area (Å²) in [6, 6.07) is -0.00210. The van der Waals surface area contributed by atoms with Crippen LogP contribution < -0.4 is 10.5 Å². The third kappa shape index (κ3) is 2.63. The van der Waals surface area contributed by atoms with Crippen molar-refractivity contribution < 1.29 is 12.8 Å². The van der Waals surface area contributed by atoms with Gasteiger partial charge in [-0.15, -0.1) is 0 Å². The zero-order chi connectivity index (χ0) is 15.2. The van der Waals surface area contributed by atoms with Crippen molar-refractivity contribution in [2.24, 2.45) is 11.7 Å². The lowest BCUT2D eigenvalue weighted by atomic mass is 9.85. The van der Waals surface area contributed by atoms with Gasteiger partial charge < -0.3 is 15.1 Å². The second-order valence-corrected chi connectivity index (χ2v) is 7.74. The van der Waals surface area contributed by atoms with Crippen LogP contribution in [0.3, 0.4) is 0 Å². The molecule has 2 bridgehead atoms. The number of aryl methyl sites for hydroxylation is 2. The second kappa shape index (κ2) is 5.39. The molecule has 0 amide bonds. The number of furan rings is 1.